The van der Waals surface area contributed by atoms with Gasteiger partial charge in [-0.05, 0) is 0 Å². The van der Waals surface area contributed by atoms with Crippen molar-refractivity contribution in [3.8, 4) is 0 Å². The van der Waals surface area contributed by atoms with Crippen LogP contribution in [-0.2, 0) is 19.1 Å². The number of carbonyl (C=O) groups is 2. The van der Waals surface area contributed by atoms with Crippen LogP contribution in [0.25, 0.3) is 0 Å². The molecule has 1 unspecified atom stereocenters. The van der Waals surface area contributed by atoms with E-state index in [2.05, 4.69) is 10.6 Å². The molecule has 1 atom stereocenters. The molecule has 0 aliphatic carbocycles. The normalized spacial score (nSPS) is 18.9. The number of hydrogen-bond donors (Lipinski definition) is 2. The maximum atomic E-state index is 11.9. The average molecular weight is 273 g/mol. The first-order chi connectivity index (χ1) is 9.13. The van der Waals surface area contributed by atoms with Crippen LogP contribution in [0.5, 0.6) is 0 Å². The van der Waals surface area contributed by atoms with Crippen molar-refractivity contribution in [2.45, 2.75) is 12.5 Å². The fourth-order valence-electron chi connectivity index (χ4n) is 1.75. The third-order valence-corrected chi connectivity index (χ3v) is 2.84. The van der Waals surface area contributed by atoms with Gasteiger partial charge in [-0.2, -0.15) is 0 Å². The number of hydrogen-bond acceptors (Lipinski definition) is 5. The molecule has 1 fully saturated rings. The molecule has 0 bridgehead atoms. The molecule has 7 heteroatoms. The van der Waals surface area contributed by atoms with Crippen molar-refractivity contribution >= 4 is 11.8 Å². The first-order valence-corrected chi connectivity index (χ1v) is 6.45. The van der Waals surface area contributed by atoms with E-state index in [1.807, 2.05) is 0 Å². The lowest BCUT2D eigenvalue weighted by atomic mass is 10.2. The number of rotatable bonds is 7. The van der Waals surface area contributed by atoms with Crippen LogP contribution in [0.3, 0.4) is 0 Å². The van der Waals surface area contributed by atoms with Gasteiger partial charge in [-0.3, -0.25) is 9.59 Å². The smallest absolute Gasteiger partial charge is 0.239 e. The summed E-state index contributed by atoms with van der Waals surface area (Å²) in [7, 11) is 3.19. The van der Waals surface area contributed by atoms with Crippen molar-refractivity contribution in [1.29, 1.82) is 0 Å². The molecule has 2 amide bonds. The summed E-state index contributed by atoms with van der Waals surface area (Å²) in [6, 6.07) is 0. The molecule has 7 nitrogen and oxygen atoms in total. The second kappa shape index (κ2) is 8.84. The van der Waals surface area contributed by atoms with Crippen LogP contribution in [0, 0.1) is 0 Å². The fourth-order valence-corrected chi connectivity index (χ4v) is 1.75. The van der Waals surface area contributed by atoms with Crippen LogP contribution in [-0.4, -0.2) is 76.4 Å². The molecule has 0 radical (unpaired) electrons. The predicted molar refractivity (Wildman–Crippen MR) is 69.7 cm³/mol. The van der Waals surface area contributed by atoms with E-state index in [0.717, 1.165) is 6.54 Å². The van der Waals surface area contributed by atoms with Crippen molar-refractivity contribution in [3.63, 3.8) is 0 Å². The number of likely N-dealkylation sites (N-methyl/N-ethyl adjacent to an activating group) is 1. The molecule has 0 saturated carbocycles. The Morgan fingerprint density at radius 1 is 1.53 bits per heavy atom. The predicted octanol–water partition coefficient (Wildman–Crippen LogP) is -1.41. The Labute approximate surface area is 113 Å². The molecule has 0 aromatic heterocycles. The summed E-state index contributed by atoms with van der Waals surface area (Å²) in [6.07, 6.45) is 0.203. The monoisotopic (exact) mass is 273 g/mol. The van der Waals surface area contributed by atoms with Crippen LogP contribution in [0.4, 0.5) is 0 Å². The Bertz CT molecular complexity index is 293. The van der Waals surface area contributed by atoms with Gasteiger partial charge in [-0.1, -0.05) is 0 Å². The summed E-state index contributed by atoms with van der Waals surface area (Å²) >= 11 is 0. The van der Waals surface area contributed by atoms with E-state index in [0.29, 0.717) is 32.7 Å². The highest BCUT2D eigenvalue weighted by Gasteiger charge is 2.20. The van der Waals surface area contributed by atoms with Gasteiger partial charge >= 0.3 is 0 Å². The van der Waals surface area contributed by atoms with E-state index in [1.165, 1.54) is 4.90 Å². The quantitative estimate of drug-likeness (QED) is 0.557. The van der Waals surface area contributed by atoms with Gasteiger partial charge in [0.15, 0.2) is 0 Å². The van der Waals surface area contributed by atoms with Crippen LogP contribution in [0.2, 0.25) is 0 Å². The number of nitrogens with zero attached hydrogens (tertiary/aromatic N) is 1. The first-order valence-electron chi connectivity index (χ1n) is 6.45. The van der Waals surface area contributed by atoms with Gasteiger partial charge in [-0.25, -0.2) is 0 Å². The van der Waals surface area contributed by atoms with E-state index in [4.69, 9.17) is 9.47 Å². The molecule has 0 aromatic rings. The van der Waals surface area contributed by atoms with Crippen molar-refractivity contribution in [2.24, 2.45) is 0 Å². The van der Waals surface area contributed by atoms with Crippen molar-refractivity contribution in [1.82, 2.24) is 15.5 Å². The van der Waals surface area contributed by atoms with E-state index < -0.39 is 0 Å². The second-order valence-corrected chi connectivity index (χ2v) is 4.49. The molecule has 1 saturated heterocycles. The standard InChI is InChI=1S/C12H23N3O4/c1-15(9-11(16)14-4-5-18-2)12(17)7-10-8-13-3-6-19-10/h10,13H,3-9H2,1-2H3,(H,14,16). The van der Waals surface area contributed by atoms with Gasteiger partial charge in [0.05, 0.1) is 32.3 Å². The molecule has 1 aliphatic heterocycles. The zero-order valence-corrected chi connectivity index (χ0v) is 11.6. The van der Waals surface area contributed by atoms with Gasteiger partial charge in [0.1, 0.15) is 0 Å². The third kappa shape index (κ3) is 6.51. The molecule has 19 heavy (non-hydrogen) atoms. The Hall–Kier alpha value is -1.18. The van der Waals surface area contributed by atoms with Gasteiger partial charge in [0, 0.05) is 33.8 Å². The molecule has 2 N–H and O–H groups in total. The van der Waals surface area contributed by atoms with Crippen LogP contribution < -0.4 is 10.6 Å². The fraction of sp³-hybridized carbons (Fsp3) is 0.833. The molecule has 1 aliphatic rings. The first kappa shape index (κ1) is 15.9. The lowest BCUT2D eigenvalue weighted by molar-refractivity contribution is -0.137. The number of amides is 2. The number of morpholine rings is 1. The molecule has 1 rings (SSSR count). The number of nitrogens with one attached hydrogen (secondary N) is 2. The topological polar surface area (TPSA) is 79.9 Å². The number of ether oxygens (including phenoxy) is 2. The van der Waals surface area contributed by atoms with Gasteiger partial charge in [0.25, 0.3) is 0 Å². The Balaban J connectivity index is 2.21. The minimum Gasteiger partial charge on any atom is -0.383 e. The van der Waals surface area contributed by atoms with Crippen LogP contribution in [0.15, 0.2) is 0 Å². The molecule has 0 aromatic carbocycles. The van der Waals surface area contributed by atoms with Crippen molar-refractivity contribution in [2.75, 3.05) is 53.6 Å². The largest absolute Gasteiger partial charge is 0.383 e. The zero-order valence-electron chi connectivity index (χ0n) is 11.6. The Kier molecular flexibility index (Phi) is 7.39. The molecule has 0 spiro atoms. The van der Waals surface area contributed by atoms with Crippen molar-refractivity contribution < 1.29 is 19.1 Å². The zero-order chi connectivity index (χ0) is 14.1. The minimum atomic E-state index is -0.185. The Morgan fingerprint density at radius 3 is 2.95 bits per heavy atom. The van der Waals surface area contributed by atoms with Crippen molar-refractivity contribution in [3.05, 3.63) is 0 Å². The highest BCUT2D eigenvalue weighted by atomic mass is 16.5. The summed E-state index contributed by atoms with van der Waals surface area (Å²) in [5.41, 5.74) is 0. The molecular weight excluding hydrogens is 250 g/mol. The summed E-state index contributed by atoms with van der Waals surface area (Å²) < 4.78 is 10.3. The maximum Gasteiger partial charge on any atom is 0.239 e. The van der Waals surface area contributed by atoms with E-state index in [1.54, 1.807) is 14.2 Å². The molecular formula is C12H23N3O4. The summed E-state index contributed by atoms with van der Waals surface area (Å²) in [5.74, 6) is -0.272. The highest BCUT2D eigenvalue weighted by Crippen LogP contribution is 2.03. The highest BCUT2D eigenvalue weighted by molar-refractivity contribution is 5.84. The lowest BCUT2D eigenvalue weighted by Gasteiger charge is -2.25. The number of methoxy groups -OCH3 is 1. The summed E-state index contributed by atoms with van der Waals surface area (Å²) in [6.45, 7) is 3.10. The van der Waals surface area contributed by atoms with Crippen LogP contribution in [0.1, 0.15) is 6.42 Å². The lowest BCUT2D eigenvalue weighted by Crippen LogP contribution is -2.44. The summed E-state index contributed by atoms with van der Waals surface area (Å²) in [4.78, 5) is 24.8. The third-order valence-electron chi connectivity index (χ3n) is 2.84. The van der Waals surface area contributed by atoms with Gasteiger partial charge in [-0.15, -0.1) is 0 Å². The van der Waals surface area contributed by atoms with E-state index in [9.17, 15) is 9.59 Å². The molecule has 110 valence electrons. The van der Waals surface area contributed by atoms with E-state index >= 15 is 0 Å². The van der Waals surface area contributed by atoms with E-state index in [-0.39, 0.29) is 24.5 Å². The molecule has 1 heterocycles. The maximum absolute atomic E-state index is 11.9. The average Bonchev–Trinajstić information content (AvgIpc) is 2.40. The van der Waals surface area contributed by atoms with Crippen LogP contribution >= 0.6 is 0 Å². The second-order valence-electron chi connectivity index (χ2n) is 4.49. The minimum absolute atomic E-state index is 0.0582. The van der Waals surface area contributed by atoms with Gasteiger partial charge < -0.3 is 25.0 Å². The number of carbonyl (C=O) groups excluding carboxylic acids is 2. The SMILES string of the molecule is COCCNC(=O)CN(C)C(=O)CC1CNCCO1. The summed E-state index contributed by atoms with van der Waals surface area (Å²) in [5, 5.41) is 5.84. The van der Waals surface area contributed by atoms with Gasteiger partial charge in [0.2, 0.25) is 11.8 Å². The Morgan fingerprint density at radius 2 is 2.32 bits per heavy atom.